The first-order chi connectivity index (χ1) is 10.5. The second kappa shape index (κ2) is 6.16. The summed E-state index contributed by atoms with van der Waals surface area (Å²) in [5, 5.41) is 0.520. The highest BCUT2D eigenvalue weighted by Gasteiger charge is 2.21. The molecule has 6 heteroatoms. The third-order valence-corrected chi connectivity index (χ3v) is 4.42. The van der Waals surface area contributed by atoms with Crippen LogP contribution in [0.4, 0.5) is 0 Å². The van der Waals surface area contributed by atoms with Gasteiger partial charge in [0.15, 0.2) is 5.58 Å². The zero-order chi connectivity index (χ0) is 15.7. The Morgan fingerprint density at radius 3 is 3.05 bits per heavy atom. The van der Waals surface area contributed by atoms with E-state index in [1.807, 2.05) is 4.90 Å². The van der Waals surface area contributed by atoms with Crippen LogP contribution in [-0.4, -0.2) is 28.5 Å². The number of benzene rings is 1. The first-order valence-corrected chi connectivity index (χ1v) is 7.99. The van der Waals surface area contributed by atoms with E-state index in [1.165, 1.54) is 11.0 Å². The molecule has 2 aromatic rings. The number of aromatic nitrogens is 1. The van der Waals surface area contributed by atoms with E-state index in [0.717, 1.165) is 19.5 Å². The second-order valence-electron chi connectivity index (χ2n) is 5.97. The van der Waals surface area contributed by atoms with E-state index in [1.54, 1.807) is 18.2 Å². The van der Waals surface area contributed by atoms with Crippen LogP contribution < -0.4 is 5.76 Å². The maximum Gasteiger partial charge on any atom is 0.419 e. The highest BCUT2D eigenvalue weighted by Crippen LogP contribution is 2.19. The van der Waals surface area contributed by atoms with Gasteiger partial charge in [0, 0.05) is 37.1 Å². The van der Waals surface area contributed by atoms with Crippen molar-refractivity contribution in [2.45, 2.75) is 32.7 Å². The Hall–Kier alpha value is -1.75. The van der Waals surface area contributed by atoms with E-state index in [4.69, 9.17) is 16.0 Å². The van der Waals surface area contributed by atoms with E-state index in [2.05, 4.69) is 6.92 Å². The molecule has 3 rings (SSSR count). The molecule has 118 valence electrons. The fourth-order valence-electron chi connectivity index (χ4n) is 3.03. The molecule has 1 aromatic heterocycles. The lowest BCUT2D eigenvalue weighted by atomic mass is 10.00. The second-order valence-corrected chi connectivity index (χ2v) is 6.41. The van der Waals surface area contributed by atoms with Gasteiger partial charge in [0.25, 0.3) is 0 Å². The molecule has 1 amide bonds. The number of piperidine rings is 1. The highest BCUT2D eigenvalue weighted by atomic mass is 35.5. The number of carbonyl (C=O) groups is 1. The number of likely N-dealkylation sites (tertiary alicyclic amines) is 1. The Morgan fingerprint density at radius 2 is 2.27 bits per heavy atom. The number of rotatable bonds is 3. The average molecular weight is 323 g/mol. The molecule has 0 unspecified atom stereocenters. The lowest BCUT2D eigenvalue weighted by Gasteiger charge is -2.31. The molecule has 1 aliphatic heterocycles. The SMILES string of the molecule is C[C@H]1CCCN(C(=O)CCn2c(=O)oc3cc(Cl)ccc32)C1. The first-order valence-electron chi connectivity index (χ1n) is 7.61. The summed E-state index contributed by atoms with van der Waals surface area (Å²) >= 11 is 5.89. The van der Waals surface area contributed by atoms with Crippen LogP contribution in [0, 0.1) is 5.92 Å². The van der Waals surface area contributed by atoms with Crippen molar-refractivity contribution in [2.24, 2.45) is 5.92 Å². The molecule has 1 atom stereocenters. The van der Waals surface area contributed by atoms with Crippen molar-refractivity contribution in [1.82, 2.24) is 9.47 Å². The molecule has 0 aliphatic carbocycles. The van der Waals surface area contributed by atoms with E-state index in [9.17, 15) is 9.59 Å². The third kappa shape index (κ3) is 3.04. The quantitative estimate of drug-likeness (QED) is 0.873. The molecule has 2 heterocycles. The zero-order valence-corrected chi connectivity index (χ0v) is 13.3. The number of halogens is 1. The third-order valence-electron chi connectivity index (χ3n) is 4.19. The minimum absolute atomic E-state index is 0.0989. The van der Waals surface area contributed by atoms with Crippen LogP contribution in [0.2, 0.25) is 5.02 Å². The van der Waals surface area contributed by atoms with Crippen LogP contribution in [0.5, 0.6) is 0 Å². The summed E-state index contributed by atoms with van der Waals surface area (Å²) in [6, 6.07) is 5.07. The van der Waals surface area contributed by atoms with Crippen molar-refractivity contribution >= 4 is 28.6 Å². The molecule has 0 spiro atoms. The summed E-state index contributed by atoms with van der Waals surface area (Å²) in [5.41, 5.74) is 1.13. The summed E-state index contributed by atoms with van der Waals surface area (Å²) < 4.78 is 6.67. The maximum atomic E-state index is 12.3. The summed E-state index contributed by atoms with van der Waals surface area (Å²) in [5.74, 6) is 0.205. The fraction of sp³-hybridized carbons (Fsp3) is 0.500. The lowest BCUT2D eigenvalue weighted by molar-refractivity contribution is -0.133. The Kier molecular flexibility index (Phi) is 4.25. The summed E-state index contributed by atoms with van der Waals surface area (Å²) in [6.07, 6.45) is 2.54. The number of hydrogen-bond acceptors (Lipinski definition) is 3. The summed E-state index contributed by atoms with van der Waals surface area (Å²) in [7, 11) is 0. The maximum absolute atomic E-state index is 12.3. The Bertz CT molecular complexity index is 749. The molecule has 22 heavy (non-hydrogen) atoms. The highest BCUT2D eigenvalue weighted by molar-refractivity contribution is 6.31. The molecule has 1 aromatic carbocycles. The van der Waals surface area contributed by atoms with Crippen molar-refractivity contribution in [3.05, 3.63) is 33.8 Å². The lowest BCUT2D eigenvalue weighted by Crippen LogP contribution is -2.39. The van der Waals surface area contributed by atoms with Crippen LogP contribution in [0.1, 0.15) is 26.2 Å². The number of oxazole rings is 1. The van der Waals surface area contributed by atoms with Gasteiger partial charge in [-0.15, -0.1) is 0 Å². The van der Waals surface area contributed by atoms with Gasteiger partial charge in [0.05, 0.1) is 5.52 Å². The van der Waals surface area contributed by atoms with Gasteiger partial charge in [-0.25, -0.2) is 4.79 Å². The molecule has 1 aliphatic rings. The smallest absolute Gasteiger partial charge is 0.408 e. The number of nitrogens with zero attached hydrogens (tertiary/aromatic N) is 2. The average Bonchev–Trinajstić information content (AvgIpc) is 2.79. The number of fused-ring (bicyclic) bond motifs is 1. The molecule has 1 fully saturated rings. The Morgan fingerprint density at radius 1 is 1.45 bits per heavy atom. The van der Waals surface area contributed by atoms with Crippen molar-refractivity contribution in [1.29, 1.82) is 0 Å². The first kappa shape index (κ1) is 15.2. The van der Waals surface area contributed by atoms with Crippen molar-refractivity contribution in [2.75, 3.05) is 13.1 Å². The normalized spacial score (nSPS) is 18.8. The van der Waals surface area contributed by atoms with E-state index < -0.39 is 5.76 Å². The van der Waals surface area contributed by atoms with E-state index in [-0.39, 0.29) is 5.91 Å². The van der Waals surface area contributed by atoms with Gasteiger partial charge in [-0.2, -0.15) is 0 Å². The van der Waals surface area contributed by atoms with Gasteiger partial charge in [-0.05, 0) is 30.9 Å². The van der Waals surface area contributed by atoms with Gasteiger partial charge in [0.1, 0.15) is 0 Å². The van der Waals surface area contributed by atoms with Gasteiger partial charge in [-0.1, -0.05) is 18.5 Å². The standard InChI is InChI=1S/C16H19ClN2O3/c1-11-3-2-7-18(10-11)15(20)6-8-19-13-5-4-12(17)9-14(13)22-16(19)21/h4-5,9,11H,2-3,6-8,10H2,1H3/t11-/m0/s1. The number of amides is 1. The number of carbonyl (C=O) groups excluding carboxylic acids is 1. The molecule has 0 radical (unpaired) electrons. The molecule has 1 saturated heterocycles. The summed E-state index contributed by atoms with van der Waals surface area (Å²) in [6.45, 7) is 4.13. The van der Waals surface area contributed by atoms with Crippen LogP contribution in [0.25, 0.3) is 11.1 Å². The zero-order valence-electron chi connectivity index (χ0n) is 12.5. The fourth-order valence-corrected chi connectivity index (χ4v) is 3.20. The largest absolute Gasteiger partial charge is 0.419 e. The minimum atomic E-state index is -0.447. The van der Waals surface area contributed by atoms with Crippen LogP contribution in [0.3, 0.4) is 0 Å². The predicted molar refractivity (Wildman–Crippen MR) is 85.1 cm³/mol. The molecule has 5 nitrogen and oxygen atoms in total. The van der Waals surface area contributed by atoms with Crippen LogP contribution in [-0.2, 0) is 11.3 Å². The minimum Gasteiger partial charge on any atom is -0.408 e. The Balaban J connectivity index is 1.72. The summed E-state index contributed by atoms with van der Waals surface area (Å²) in [4.78, 5) is 26.1. The monoisotopic (exact) mass is 322 g/mol. The Labute approximate surface area is 133 Å². The van der Waals surface area contributed by atoms with Gasteiger partial charge in [-0.3, -0.25) is 9.36 Å². The topological polar surface area (TPSA) is 55.5 Å². The van der Waals surface area contributed by atoms with Gasteiger partial charge < -0.3 is 9.32 Å². The molecule has 0 saturated carbocycles. The van der Waals surface area contributed by atoms with E-state index in [0.29, 0.717) is 35.0 Å². The van der Waals surface area contributed by atoms with Gasteiger partial charge in [0.2, 0.25) is 5.91 Å². The molecule has 0 N–H and O–H groups in total. The van der Waals surface area contributed by atoms with Crippen molar-refractivity contribution in [3.8, 4) is 0 Å². The van der Waals surface area contributed by atoms with Crippen molar-refractivity contribution in [3.63, 3.8) is 0 Å². The van der Waals surface area contributed by atoms with E-state index >= 15 is 0 Å². The predicted octanol–water partition coefficient (Wildman–Crippen LogP) is 2.90. The number of aryl methyl sites for hydroxylation is 1. The van der Waals surface area contributed by atoms with Gasteiger partial charge >= 0.3 is 5.76 Å². The van der Waals surface area contributed by atoms with Crippen LogP contribution >= 0.6 is 11.6 Å². The molecule has 0 bridgehead atoms. The van der Waals surface area contributed by atoms with Crippen molar-refractivity contribution < 1.29 is 9.21 Å². The molecular weight excluding hydrogens is 304 g/mol. The molecular formula is C16H19ClN2O3. The number of hydrogen-bond donors (Lipinski definition) is 0. The van der Waals surface area contributed by atoms with Crippen LogP contribution in [0.15, 0.2) is 27.4 Å².